The van der Waals surface area contributed by atoms with Crippen molar-refractivity contribution in [1.29, 1.82) is 0 Å². The molecule has 0 aromatic carbocycles. The molecule has 0 aliphatic carbocycles. The van der Waals surface area contributed by atoms with Crippen LogP contribution in [0, 0.1) is 12.8 Å². The Morgan fingerprint density at radius 3 is 2.62 bits per heavy atom. The van der Waals surface area contributed by atoms with E-state index in [2.05, 4.69) is 34.3 Å². The minimum absolute atomic E-state index is 0.202. The normalized spacial score (nSPS) is 13.1. The van der Waals surface area contributed by atoms with Crippen molar-refractivity contribution in [2.45, 2.75) is 33.2 Å². The summed E-state index contributed by atoms with van der Waals surface area (Å²) in [5.41, 5.74) is 3.23. The van der Waals surface area contributed by atoms with Crippen molar-refractivity contribution in [1.82, 2.24) is 24.5 Å². The molecule has 3 aromatic heterocycles. The fourth-order valence-electron chi connectivity index (χ4n) is 2.91. The number of hydrogen-bond donors (Lipinski definition) is 1. The largest absolute Gasteiger partial charge is 0.476 e. The van der Waals surface area contributed by atoms with Gasteiger partial charge in [0.05, 0.1) is 12.3 Å². The lowest BCUT2D eigenvalue weighted by Gasteiger charge is -2.19. The van der Waals surface area contributed by atoms with Crippen LogP contribution in [-0.4, -0.2) is 31.2 Å². The summed E-state index contributed by atoms with van der Waals surface area (Å²) in [6.45, 7) is 7.16. The number of ether oxygens (including phenoxy) is 1. The van der Waals surface area contributed by atoms with Crippen LogP contribution in [0.5, 0.6) is 5.88 Å². The predicted molar refractivity (Wildman–Crippen MR) is 112 cm³/mol. The molecule has 0 radical (unpaired) electrons. The maximum Gasteiger partial charge on any atom is 0.290 e. The molecule has 0 aliphatic rings. The number of hydrogen-bond acceptors (Lipinski definition) is 6. The van der Waals surface area contributed by atoms with Gasteiger partial charge in [0.15, 0.2) is 0 Å². The minimum atomic E-state index is -0.202. The fourth-order valence-corrected chi connectivity index (χ4v) is 2.91. The summed E-state index contributed by atoms with van der Waals surface area (Å²) < 4.78 is 8.99. The summed E-state index contributed by atoms with van der Waals surface area (Å²) in [5.74, 6) is 0.894. The second kappa shape index (κ2) is 8.89. The first kappa shape index (κ1) is 20.6. The summed E-state index contributed by atoms with van der Waals surface area (Å²) >= 11 is 0. The first-order valence-corrected chi connectivity index (χ1v) is 9.69. The summed E-state index contributed by atoms with van der Waals surface area (Å²) in [6, 6.07) is 7.61. The second-order valence-corrected chi connectivity index (χ2v) is 7.48. The van der Waals surface area contributed by atoms with Gasteiger partial charge in [0.1, 0.15) is 5.69 Å². The van der Waals surface area contributed by atoms with Crippen LogP contribution in [0.3, 0.4) is 0 Å². The third-order valence-corrected chi connectivity index (χ3v) is 5.04. The van der Waals surface area contributed by atoms with Crippen LogP contribution in [0.2, 0.25) is 0 Å². The summed E-state index contributed by atoms with van der Waals surface area (Å²) in [6.07, 6.45) is 3.74. The van der Waals surface area contributed by atoms with E-state index in [9.17, 15) is 4.79 Å². The molecule has 0 aliphatic heterocycles. The lowest BCUT2D eigenvalue weighted by atomic mass is 9.94. The summed E-state index contributed by atoms with van der Waals surface area (Å²) in [7, 11) is 3.53. The lowest BCUT2D eigenvalue weighted by Crippen LogP contribution is -2.24. The van der Waals surface area contributed by atoms with E-state index < -0.39 is 0 Å². The van der Waals surface area contributed by atoms with Crippen LogP contribution < -0.4 is 15.6 Å². The fraction of sp³-hybridized carbons (Fsp3) is 0.429. The molecule has 0 saturated carbocycles. The smallest absolute Gasteiger partial charge is 0.290 e. The van der Waals surface area contributed by atoms with Gasteiger partial charge in [0.25, 0.3) is 5.56 Å². The molecule has 8 nitrogen and oxygen atoms in total. The van der Waals surface area contributed by atoms with Crippen LogP contribution in [0.15, 0.2) is 41.5 Å². The molecule has 0 bridgehead atoms. The van der Waals surface area contributed by atoms with Gasteiger partial charge >= 0.3 is 0 Å². The Hall–Kier alpha value is -3.16. The monoisotopic (exact) mass is 396 g/mol. The van der Waals surface area contributed by atoms with Gasteiger partial charge in [0.2, 0.25) is 5.88 Å². The van der Waals surface area contributed by atoms with E-state index in [0.717, 1.165) is 17.0 Å². The molecule has 8 heteroatoms. The van der Waals surface area contributed by atoms with Gasteiger partial charge in [-0.2, -0.15) is 5.10 Å². The standard InChI is InChI=1S/C21H28N6O2/c1-14(16(3)18-8-9-26(4)24-18)13-29-20-10-19(21(28)27(5)25-20)23-12-17-7-6-15(2)22-11-17/h6-11,14,16,23H,12-13H2,1-5H3/t14-,16+/m1/s1. The van der Waals surface area contributed by atoms with Gasteiger partial charge in [0, 0.05) is 50.7 Å². The van der Waals surface area contributed by atoms with E-state index in [0.29, 0.717) is 24.7 Å². The molecule has 1 N–H and O–H groups in total. The molecule has 29 heavy (non-hydrogen) atoms. The van der Waals surface area contributed by atoms with Crippen molar-refractivity contribution in [2.24, 2.45) is 20.0 Å². The number of nitrogens with zero attached hydrogens (tertiary/aromatic N) is 5. The van der Waals surface area contributed by atoms with Crippen LogP contribution >= 0.6 is 0 Å². The van der Waals surface area contributed by atoms with Crippen LogP contribution in [0.1, 0.15) is 36.7 Å². The second-order valence-electron chi connectivity index (χ2n) is 7.48. The van der Waals surface area contributed by atoms with E-state index in [1.165, 1.54) is 4.68 Å². The van der Waals surface area contributed by atoms with E-state index in [1.807, 2.05) is 38.4 Å². The van der Waals surface area contributed by atoms with E-state index >= 15 is 0 Å². The highest BCUT2D eigenvalue weighted by atomic mass is 16.5. The third-order valence-electron chi connectivity index (χ3n) is 5.04. The SMILES string of the molecule is Cc1ccc(CNc2cc(OC[C@@H](C)[C@H](C)c3ccn(C)n3)nn(C)c2=O)cn1. The number of nitrogens with one attached hydrogen (secondary N) is 1. The highest BCUT2D eigenvalue weighted by molar-refractivity contribution is 5.43. The van der Waals surface area contributed by atoms with Crippen molar-refractivity contribution >= 4 is 5.69 Å². The average Bonchev–Trinajstić information content (AvgIpc) is 3.14. The van der Waals surface area contributed by atoms with Crippen molar-refractivity contribution < 1.29 is 4.74 Å². The third kappa shape index (κ3) is 5.22. The van der Waals surface area contributed by atoms with Gasteiger partial charge in [-0.15, -0.1) is 5.10 Å². The molecule has 2 atom stereocenters. The Bertz CT molecular complexity index is 1010. The summed E-state index contributed by atoms with van der Waals surface area (Å²) in [5, 5.41) is 11.9. The highest BCUT2D eigenvalue weighted by Gasteiger charge is 2.18. The maximum absolute atomic E-state index is 12.4. The van der Waals surface area contributed by atoms with Crippen LogP contribution in [0.25, 0.3) is 0 Å². The van der Waals surface area contributed by atoms with E-state index in [1.54, 1.807) is 24.0 Å². The Balaban J connectivity index is 1.65. The van der Waals surface area contributed by atoms with Crippen molar-refractivity contribution in [2.75, 3.05) is 11.9 Å². The van der Waals surface area contributed by atoms with Crippen molar-refractivity contribution in [3.8, 4) is 5.88 Å². The zero-order chi connectivity index (χ0) is 21.0. The quantitative estimate of drug-likeness (QED) is 0.630. The van der Waals surface area contributed by atoms with Gasteiger partial charge < -0.3 is 10.1 Å². The maximum atomic E-state index is 12.4. The molecule has 3 rings (SSSR count). The van der Waals surface area contributed by atoms with Gasteiger partial charge in [-0.1, -0.05) is 19.9 Å². The number of aryl methyl sites for hydroxylation is 3. The molecule has 154 valence electrons. The van der Waals surface area contributed by atoms with Crippen molar-refractivity contribution in [3.63, 3.8) is 0 Å². The van der Waals surface area contributed by atoms with E-state index in [4.69, 9.17) is 4.74 Å². The first-order valence-electron chi connectivity index (χ1n) is 9.69. The minimum Gasteiger partial charge on any atom is -0.476 e. The lowest BCUT2D eigenvalue weighted by molar-refractivity contribution is 0.227. The average molecular weight is 396 g/mol. The van der Waals surface area contributed by atoms with Gasteiger partial charge in [-0.25, -0.2) is 4.68 Å². The Kier molecular flexibility index (Phi) is 6.31. The molecule has 0 spiro atoms. The van der Waals surface area contributed by atoms with Crippen molar-refractivity contribution in [3.05, 3.63) is 64.0 Å². The van der Waals surface area contributed by atoms with Crippen LogP contribution in [-0.2, 0) is 20.6 Å². The number of aromatic nitrogens is 5. The highest BCUT2D eigenvalue weighted by Crippen LogP contribution is 2.23. The topological polar surface area (TPSA) is 86.9 Å². The number of pyridine rings is 1. The molecular formula is C21H28N6O2. The van der Waals surface area contributed by atoms with Gasteiger partial charge in [-0.3, -0.25) is 14.5 Å². The van der Waals surface area contributed by atoms with Crippen LogP contribution in [0.4, 0.5) is 5.69 Å². The Morgan fingerprint density at radius 2 is 1.97 bits per heavy atom. The first-order chi connectivity index (χ1) is 13.8. The molecule has 0 fully saturated rings. The van der Waals surface area contributed by atoms with E-state index in [-0.39, 0.29) is 17.4 Å². The molecular weight excluding hydrogens is 368 g/mol. The summed E-state index contributed by atoms with van der Waals surface area (Å²) in [4.78, 5) is 16.7. The molecule has 3 heterocycles. The molecule has 0 saturated heterocycles. The molecule has 3 aromatic rings. The zero-order valence-corrected chi connectivity index (χ0v) is 17.6. The molecule has 0 amide bonds. The number of rotatable bonds is 8. The Morgan fingerprint density at radius 1 is 1.17 bits per heavy atom. The van der Waals surface area contributed by atoms with Gasteiger partial charge in [-0.05, 0) is 30.5 Å². The number of anilines is 1. The zero-order valence-electron chi connectivity index (χ0n) is 17.6. The Labute approximate surface area is 170 Å². The predicted octanol–water partition coefficient (Wildman–Crippen LogP) is 2.65. The molecule has 0 unspecified atom stereocenters.